The Kier molecular flexibility index (Phi) is 3.82. The van der Waals surface area contributed by atoms with Crippen molar-refractivity contribution >= 4 is 17.4 Å². The highest BCUT2D eigenvalue weighted by molar-refractivity contribution is 6.31. The highest BCUT2D eigenvalue weighted by Crippen LogP contribution is 2.38. The summed E-state index contributed by atoms with van der Waals surface area (Å²) in [6.45, 7) is 4.22. The van der Waals surface area contributed by atoms with E-state index < -0.39 is 0 Å². The summed E-state index contributed by atoms with van der Waals surface area (Å²) >= 11 is 6.32. The van der Waals surface area contributed by atoms with Gasteiger partial charge in [0.25, 0.3) is 0 Å². The van der Waals surface area contributed by atoms with Crippen molar-refractivity contribution in [2.45, 2.75) is 38.6 Å². The van der Waals surface area contributed by atoms with E-state index in [1.54, 1.807) is 0 Å². The zero-order valence-corrected chi connectivity index (χ0v) is 14.5. The summed E-state index contributed by atoms with van der Waals surface area (Å²) in [6, 6.07) is 6.48. The maximum Gasteiger partial charge on any atom is 0.133 e. The lowest BCUT2D eigenvalue weighted by atomic mass is 9.97. The standard InChI is InChI=1S/C18H23ClN4/c1-12-14(19)6-5-8-15(12)23-18-13(9-10-20-18)17(21-23)16-7-3-4-11-22(16)2/h5-6,8,16,20H,3-4,7,9-11H2,1-2H3. The number of aromatic nitrogens is 2. The van der Waals surface area contributed by atoms with E-state index in [0.717, 1.165) is 41.6 Å². The molecule has 122 valence electrons. The van der Waals surface area contributed by atoms with E-state index in [0.29, 0.717) is 6.04 Å². The number of anilines is 1. The van der Waals surface area contributed by atoms with Crippen molar-refractivity contribution in [1.82, 2.24) is 14.7 Å². The average molecular weight is 331 g/mol. The molecule has 1 aromatic heterocycles. The van der Waals surface area contributed by atoms with Crippen LogP contribution in [0.4, 0.5) is 5.82 Å². The van der Waals surface area contributed by atoms with E-state index in [4.69, 9.17) is 16.7 Å². The Morgan fingerprint density at radius 1 is 1.30 bits per heavy atom. The molecular formula is C18H23ClN4. The van der Waals surface area contributed by atoms with Gasteiger partial charge in [-0.1, -0.05) is 24.1 Å². The molecule has 2 aromatic rings. The van der Waals surface area contributed by atoms with Crippen LogP contribution in [0.25, 0.3) is 5.69 Å². The van der Waals surface area contributed by atoms with Crippen molar-refractivity contribution in [1.29, 1.82) is 0 Å². The molecule has 0 saturated carbocycles. The predicted molar refractivity (Wildman–Crippen MR) is 94.7 cm³/mol. The largest absolute Gasteiger partial charge is 0.369 e. The number of halogens is 1. The molecule has 1 aromatic carbocycles. The number of nitrogens with one attached hydrogen (secondary N) is 1. The van der Waals surface area contributed by atoms with Gasteiger partial charge >= 0.3 is 0 Å². The summed E-state index contributed by atoms with van der Waals surface area (Å²) < 4.78 is 2.07. The van der Waals surface area contributed by atoms with Crippen LogP contribution >= 0.6 is 11.6 Å². The predicted octanol–water partition coefficient (Wildman–Crippen LogP) is 3.96. The number of hydrogen-bond acceptors (Lipinski definition) is 3. The molecule has 2 aliphatic rings. The van der Waals surface area contributed by atoms with E-state index in [2.05, 4.69) is 34.9 Å². The number of fused-ring (bicyclic) bond motifs is 1. The van der Waals surface area contributed by atoms with Crippen molar-refractivity contribution in [3.63, 3.8) is 0 Å². The van der Waals surface area contributed by atoms with E-state index >= 15 is 0 Å². The highest BCUT2D eigenvalue weighted by atomic mass is 35.5. The molecule has 0 radical (unpaired) electrons. The minimum Gasteiger partial charge on any atom is -0.369 e. The van der Waals surface area contributed by atoms with Gasteiger partial charge in [-0.2, -0.15) is 5.10 Å². The number of nitrogens with zero attached hydrogens (tertiary/aromatic N) is 3. The Bertz CT molecular complexity index is 737. The molecule has 4 nitrogen and oxygen atoms in total. The summed E-state index contributed by atoms with van der Waals surface area (Å²) in [5, 5.41) is 9.35. The first kappa shape index (κ1) is 15.0. The van der Waals surface area contributed by atoms with Gasteiger partial charge in [-0.05, 0) is 57.5 Å². The van der Waals surface area contributed by atoms with Gasteiger partial charge in [0.1, 0.15) is 5.82 Å². The lowest BCUT2D eigenvalue weighted by Gasteiger charge is -2.31. The van der Waals surface area contributed by atoms with Crippen molar-refractivity contribution in [2.75, 3.05) is 25.5 Å². The van der Waals surface area contributed by atoms with Gasteiger partial charge in [0.15, 0.2) is 0 Å². The van der Waals surface area contributed by atoms with E-state index in [-0.39, 0.29) is 0 Å². The third kappa shape index (κ3) is 2.45. The highest BCUT2D eigenvalue weighted by Gasteiger charge is 2.31. The summed E-state index contributed by atoms with van der Waals surface area (Å²) in [5.41, 5.74) is 4.80. The van der Waals surface area contributed by atoms with Gasteiger partial charge in [-0.25, -0.2) is 4.68 Å². The van der Waals surface area contributed by atoms with E-state index in [9.17, 15) is 0 Å². The summed E-state index contributed by atoms with van der Waals surface area (Å²) in [5.74, 6) is 1.16. The Hall–Kier alpha value is -1.52. The number of rotatable bonds is 2. The van der Waals surface area contributed by atoms with Crippen LogP contribution in [0.3, 0.4) is 0 Å². The SMILES string of the molecule is Cc1c(Cl)cccc1-n1nc(C2CCCCN2C)c2c1NCC2. The second kappa shape index (κ2) is 5.84. The minimum atomic E-state index is 0.443. The smallest absolute Gasteiger partial charge is 0.133 e. The Balaban J connectivity index is 1.83. The third-order valence-corrected chi connectivity index (χ3v) is 5.64. The van der Waals surface area contributed by atoms with Crippen LogP contribution in [0.1, 0.15) is 42.1 Å². The fourth-order valence-electron chi connectivity index (χ4n) is 3.89. The van der Waals surface area contributed by atoms with E-state index in [1.807, 2.05) is 12.1 Å². The van der Waals surface area contributed by atoms with Gasteiger partial charge in [-0.3, -0.25) is 4.90 Å². The van der Waals surface area contributed by atoms with Gasteiger partial charge in [0.05, 0.1) is 17.4 Å². The molecule has 3 heterocycles. The van der Waals surface area contributed by atoms with Crippen LogP contribution in [0, 0.1) is 6.92 Å². The Morgan fingerprint density at radius 2 is 2.17 bits per heavy atom. The lowest BCUT2D eigenvalue weighted by molar-refractivity contribution is 0.182. The molecule has 1 N–H and O–H groups in total. The number of piperidine rings is 1. The first-order chi connectivity index (χ1) is 11.2. The second-order valence-corrected chi connectivity index (χ2v) is 7.08. The summed E-state index contributed by atoms with van der Waals surface area (Å²) in [4.78, 5) is 2.46. The molecular weight excluding hydrogens is 308 g/mol. The molecule has 1 atom stereocenters. The van der Waals surface area contributed by atoms with E-state index in [1.165, 1.54) is 30.5 Å². The molecule has 0 bridgehead atoms. The van der Waals surface area contributed by atoms with Gasteiger partial charge in [0, 0.05) is 17.1 Å². The molecule has 5 heteroatoms. The topological polar surface area (TPSA) is 33.1 Å². The van der Waals surface area contributed by atoms with Crippen molar-refractivity contribution in [3.8, 4) is 5.69 Å². The first-order valence-corrected chi connectivity index (χ1v) is 8.86. The van der Waals surface area contributed by atoms with Crippen LogP contribution in [0.5, 0.6) is 0 Å². The maximum atomic E-state index is 6.32. The summed E-state index contributed by atoms with van der Waals surface area (Å²) in [7, 11) is 2.22. The summed E-state index contributed by atoms with van der Waals surface area (Å²) in [6.07, 6.45) is 4.85. The third-order valence-electron chi connectivity index (χ3n) is 5.24. The second-order valence-electron chi connectivity index (χ2n) is 6.68. The Morgan fingerprint density at radius 3 is 3.00 bits per heavy atom. The van der Waals surface area contributed by atoms with Crippen LogP contribution in [-0.2, 0) is 6.42 Å². The van der Waals surface area contributed by atoms with Gasteiger partial charge in [-0.15, -0.1) is 0 Å². The van der Waals surface area contributed by atoms with Crippen molar-refractivity contribution in [2.24, 2.45) is 0 Å². The zero-order valence-electron chi connectivity index (χ0n) is 13.8. The number of hydrogen-bond donors (Lipinski definition) is 1. The molecule has 4 rings (SSSR count). The van der Waals surface area contributed by atoms with Crippen LogP contribution in [0.15, 0.2) is 18.2 Å². The zero-order chi connectivity index (χ0) is 16.0. The fraction of sp³-hybridized carbons (Fsp3) is 0.500. The monoisotopic (exact) mass is 330 g/mol. The molecule has 0 amide bonds. The molecule has 0 aliphatic carbocycles. The molecule has 2 aliphatic heterocycles. The minimum absolute atomic E-state index is 0.443. The lowest BCUT2D eigenvalue weighted by Crippen LogP contribution is -2.30. The van der Waals surface area contributed by atoms with Crippen molar-refractivity contribution in [3.05, 3.63) is 40.0 Å². The Labute approximate surface area is 142 Å². The quantitative estimate of drug-likeness (QED) is 0.904. The number of likely N-dealkylation sites (tertiary alicyclic amines) is 1. The maximum absolute atomic E-state index is 6.32. The normalized spacial score (nSPS) is 21.3. The average Bonchev–Trinajstić information content (AvgIpc) is 3.13. The van der Waals surface area contributed by atoms with Gasteiger partial charge < -0.3 is 5.32 Å². The van der Waals surface area contributed by atoms with Gasteiger partial charge in [0.2, 0.25) is 0 Å². The van der Waals surface area contributed by atoms with Crippen molar-refractivity contribution < 1.29 is 0 Å². The molecule has 1 fully saturated rings. The fourth-order valence-corrected chi connectivity index (χ4v) is 4.06. The number of benzene rings is 1. The van der Waals surface area contributed by atoms with Crippen LogP contribution in [-0.4, -0.2) is 34.8 Å². The van der Waals surface area contributed by atoms with Crippen LogP contribution < -0.4 is 5.32 Å². The first-order valence-electron chi connectivity index (χ1n) is 8.48. The van der Waals surface area contributed by atoms with Crippen LogP contribution in [0.2, 0.25) is 5.02 Å². The molecule has 1 saturated heterocycles. The molecule has 1 unspecified atom stereocenters. The molecule has 0 spiro atoms. The molecule has 23 heavy (non-hydrogen) atoms.